The smallest absolute Gasteiger partial charge is 0.406 e. The zero-order chi connectivity index (χ0) is 27.3. The normalized spacial score (nSPS) is 12.2. The van der Waals surface area contributed by atoms with Gasteiger partial charge in [-0.15, -0.1) is 13.2 Å². The predicted molar refractivity (Wildman–Crippen MR) is 145 cm³/mol. The van der Waals surface area contributed by atoms with Crippen molar-refractivity contribution in [3.63, 3.8) is 0 Å². The second-order valence-corrected chi connectivity index (χ2v) is 9.06. The highest BCUT2D eigenvalue weighted by Crippen LogP contribution is 2.26. The molecule has 0 amide bonds. The van der Waals surface area contributed by atoms with E-state index in [1.54, 1.807) is 29.1 Å². The fourth-order valence-corrected chi connectivity index (χ4v) is 3.97. The summed E-state index contributed by atoms with van der Waals surface area (Å²) in [6, 6.07) is 22.3. The van der Waals surface area contributed by atoms with Gasteiger partial charge in [-0.25, -0.2) is 4.68 Å². The van der Waals surface area contributed by atoms with Crippen molar-refractivity contribution in [2.75, 3.05) is 10.6 Å². The van der Waals surface area contributed by atoms with Crippen molar-refractivity contribution in [2.45, 2.75) is 32.5 Å². The minimum absolute atomic E-state index is 0.276. The van der Waals surface area contributed by atoms with Crippen molar-refractivity contribution in [2.24, 2.45) is 0 Å². The van der Waals surface area contributed by atoms with Gasteiger partial charge in [0.05, 0.1) is 11.4 Å². The maximum atomic E-state index is 12.4. The van der Waals surface area contributed by atoms with Gasteiger partial charge in [0.15, 0.2) is 5.11 Å². The van der Waals surface area contributed by atoms with Crippen LogP contribution in [0.15, 0.2) is 85.1 Å². The van der Waals surface area contributed by atoms with Crippen LogP contribution in [0.1, 0.15) is 25.3 Å². The molecular formula is C27H26F3N5O2S. The first-order valence-corrected chi connectivity index (χ1v) is 12.1. The highest BCUT2D eigenvalue weighted by Gasteiger charge is 2.31. The number of alkyl halides is 3. The molecule has 11 heteroatoms. The van der Waals surface area contributed by atoms with Crippen LogP contribution in [0.2, 0.25) is 0 Å². The van der Waals surface area contributed by atoms with E-state index in [9.17, 15) is 18.3 Å². The van der Waals surface area contributed by atoms with Crippen LogP contribution in [0, 0.1) is 0 Å². The van der Waals surface area contributed by atoms with Gasteiger partial charge in [-0.2, -0.15) is 5.10 Å². The van der Waals surface area contributed by atoms with Gasteiger partial charge in [0.2, 0.25) is 6.35 Å². The molecule has 0 bridgehead atoms. The molecule has 0 saturated heterocycles. The van der Waals surface area contributed by atoms with Gasteiger partial charge in [-0.3, -0.25) is 0 Å². The van der Waals surface area contributed by atoms with Crippen molar-refractivity contribution in [3.05, 3.63) is 90.6 Å². The van der Waals surface area contributed by atoms with Crippen LogP contribution in [0.4, 0.5) is 24.5 Å². The summed E-state index contributed by atoms with van der Waals surface area (Å²) in [6.45, 7) is 4.19. The number of rotatable bonds is 8. The lowest BCUT2D eigenvalue weighted by Gasteiger charge is -2.20. The monoisotopic (exact) mass is 541 g/mol. The highest BCUT2D eigenvalue weighted by atomic mass is 32.1. The Kier molecular flexibility index (Phi) is 8.18. The van der Waals surface area contributed by atoms with Crippen LogP contribution in [0.5, 0.6) is 5.75 Å². The molecular weight excluding hydrogens is 515 g/mol. The number of benzene rings is 3. The lowest BCUT2D eigenvalue weighted by atomic mass is 10.0. The Bertz CT molecular complexity index is 1370. The summed E-state index contributed by atoms with van der Waals surface area (Å²) in [4.78, 5) is 0. The summed E-state index contributed by atoms with van der Waals surface area (Å²) in [5.74, 6) is 0.0122. The largest absolute Gasteiger partial charge is 0.573 e. The molecule has 0 saturated carbocycles. The summed E-state index contributed by atoms with van der Waals surface area (Å²) in [6.07, 6.45) is -4.16. The van der Waals surface area contributed by atoms with E-state index in [1.165, 1.54) is 24.3 Å². The summed E-state index contributed by atoms with van der Waals surface area (Å²) in [7, 11) is 0. The number of aliphatic hydroxyl groups is 1. The quantitative estimate of drug-likeness (QED) is 0.155. The molecule has 4 N–H and O–H groups in total. The number of para-hydroxylation sites is 1. The number of anilines is 2. The standard InChI is InChI=1S/C27H26F3N5O2S/c1-17(2)22-5-3-4-6-24(22)32-26(38)33-25(36)31-19-9-7-18(8-10-19)23-15-16-35(34-23)20-11-13-21(14-12-20)37-27(28,29)30/h3-17,25,31,36H,1-2H3,(H2,32,33,38). The molecule has 38 heavy (non-hydrogen) atoms. The predicted octanol–water partition coefficient (Wildman–Crippen LogP) is 6.24. The minimum Gasteiger partial charge on any atom is -0.406 e. The molecule has 1 unspecified atom stereocenters. The van der Waals surface area contributed by atoms with Gasteiger partial charge in [-0.05, 0) is 72.2 Å². The molecule has 0 radical (unpaired) electrons. The van der Waals surface area contributed by atoms with E-state index in [0.29, 0.717) is 23.0 Å². The Morgan fingerprint density at radius 2 is 1.66 bits per heavy atom. The zero-order valence-corrected chi connectivity index (χ0v) is 21.3. The number of thiocarbonyl (C=S) groups is 1. The van der Waals surface area contributed by atoms with E-state index in [2.05, 4.69) is 39.6 Å². The fourth-order valence-electron chi connectivity index (χ4n) is 3.75. The van der Waals surface area contributed by atoms with Crippen LogP contribution in [-0.2, 0) is 0 Å². The topological polar surface area (TPSA) is 83.4 Å². The average molecular weight is 542 g/mol. The third-order valence-corrected chi connectivity index (χ3v) is 5.73. The van der Waals surface area contributed by atoms with Gasteiger partial charge in [0.1, 0.15) is 5.75 Å². The first-order valence-electron chi connectivity index (χ1n) is 11.7. The molecule has 3 aromatic carbocycles. The molecule has 0 fully saturated rings. The minimum atomic E-state index is -4.74. The van der Waals surface area contributed by atoms with Crippen molar-refractivity contribution in [3.8, 4) is 22.7 Å². The Balaban J connectivity index is 1.34. The number of hydrogen-bond donors (Lipinski definition) is 4. The van der Waals surface area contributed by atoms with E-state index in [-0.39, 0.29) is 10.9 Å². The van der Waals surface area contributed by atoms with Gasteiger partial charge in [0.25, 0.3) is 0 Å². The van der Waals surface area contributed by atoms with E-state index >= 15 is 0 Å². The molecule has 0 spiro atoms. The van der Waals surface area contributed by atoms with Crippen molar-refractivity contribution >= 4 is 28.7 Å². The molecule has 4 rings (SSSR count). The third kappa shape index (κ3) is 7.24. The third-order valence-electron chi connectivity index (χ3n) is 5.51. The van der Waals surface area contributed by atoms with Crippen molar-refractivity contribution in [1.29, 1.82) is 0 Å². The number of hydrogen-bond acceptors (Lipinski definition) is 5. The maximum Gasteiger partial charge on any atom is 0.573 e. The van der Waals surface area contributed by atoms with Gasteiger partial charge in [-0.1, -0.05) is 44.2 Å². The summed E-state index contributed by atoms with van der Waals surface area (Å²) < 4.78 is 42.5. The zero-order valence-electron chi connectivity index (χ0n) is 20.5. The number of aromatic nitrogens is 2. The summed E-state index contributed by atoms with van der Waals surface area (Å²) in [5.41, 5.74) is 4.71. The van der Waals surface area contributed by atoms with Crippen LogP contribution in [-0.4, -0.2) is 32.7 Å². The fraction of sp³-hybridized carbons (Fsp3) is 0.185. The average Bonchev–Trinajstić information content (AvgIpc) is 3.34. The van der Waals surface area contributed by atoms with E-state index in [1.807, 2.05) is 36.4 Å². The maximum absolute atomic E-state index is 12.4. The Morgan fingerprint density at radius 1 is 0.974 bits per heavy atom. The number of halogens is 3. The number of aliphatic hydroxyl groups excluding tert-OH is 1. The second-order valence-electron chi connectivity index (χ2n) is 8.65. The SMILES string of the molecule is CC(C)c1ccccc1NC(=S)NC(O)Nc1ccc(-c2ccn(-c3ccc(OC(F)(F)F)cc3)n2)cc1. The number of nitrogens with one attached hydrogen (secondary N) is 3. The van der Waals surface area contributed by atoms with Crippen LogP contribution >= 0.6 is 12.2 Å². The summed E-state index contributed by atoms with van der Waals surface area (Å²) in [5, 5.41) is 24.0. The van der Waals surface area contributed by atoms with Crippen LogP contribution in [0.25, 0.3) is 16.9 Å². The Labute approximate surface area is 223 Å². The van der Waals surface area contributed by atoms with Crippen LogP contribution in [0.3, 0.4) is 0 Å². The molecule has 0 aliphatic heterocycles. The second kappa shape index (κ2) is 11.5. The molecule has 7 nitrogen and oxygen atoms in total. The van der Waals surface area contributed by atoms with E-state index in [0.717, 1.165) is 16.8 Å². The number of ether oxygens (including phenoxy) is 1. The summed E-state index contributed by atoms with van der Waals surface area (Å²) >= 11 is 5.34. The lowest BCUT2D eigenvalue weighted by Crippen LogP contribution is -2.42. The van der Waals surface area contributed by atoms with Gasteiger partial charge >= 0.3 is 6.36 Å². The molecule has 198 valence electrons. The lowest BCUT2D eigenvalue weighted by molar-refractivity contribution is -0.274. The molecule has 1 heterocycles. The van der Waals surface area contributed by atoms with E-state index < -0.39 is 12.7 Å². The molecule has 0 aliphatic rings. The first-order chi connectivity index (χ1) is 18.1. The first kappa shape index (κ1) is 27.0. The van der Waals surface area contributed by atoms with Crippen molar-refractivity contribution < 1.29 is 23.0 Å². The Hall–Kier alpha value is -4.09. The van der Waals surface area contributed by atoms with Crippen LogP contribution < -0.4 is 20.7 Å². The molecule has 1 atom stereocenters. The highest BCUT2D eigenvalue weighted by molar-refractivity contribution is 7.80. The molecule has 1 aromatic heterocycles. The van der Waals surface area contributed by atoms with E-state index in [4.69, 9.17) is 12.2 Å². The molecule has 0 aliphatic carbocycles. The van der Waals surface area contributed by atoms with Gasteiger partial charge in [0, 0.05) is 23.1 Å². The van der Waals surface area contributed by atoms with Crippen molar-refractivity contribution in [1.82, 2.24) is 15.1 Å². The molecule has 4 aromatic rings. The number of nitrogens with zero attached hydrogens (tertiary/aromatic N) is 2. The Morgan fingerprint density at radius 3 is 2.32 bits per heavy atom. The van der Waals surface area contributed by atoms with Gasteiger partial charge < -0.3 is 25.8 Å².